The molecule has 0 saturated carbocycles. The molecule has 0 radical (unpaired) electrons. The Labute approximate surface area is 365 Å². The molecule has 13 heteroatoms. The zero-order chi connectivity index (χ0) is 45.1. The number of phosphoric acid groups is 1. The van der Waals surface area contributed by atoms with Gasteiger partial charge < -0.3 is 30.3 Å². The second kappa shape index (κ2) is 41.2. The number of carboxylic acid groups (broad SMARTS) is 1. The number of carbonyl (C=O) groups excluding carboxylic acids is 2. The minimum Gasteiger partial charge on any atom is -0.480 e. The molecule has 5 N–H and O–H groups in total. The van der Waals surface area contributed by atoms with E-state index in [1.54, 1.807) is 6.08 Å². The molecule has 0 spiro atoms. The van der Waals surface area contributed by atoms with E-state index in [4.69, 9.17) is 24.8 Å². The van der Waals surface area contributed by atoms with E-state index < -0.39 is 63.8 Å². The van der Waals surface area contributed by atoms with E-state index in [2.05, 4.69) is 79.1 Å². The highest BCUT2D eigenvalue weighted by atomic mass is 31.2. The van der Waals surface area contributed by atoms with Crippen LogP contribution >= 0.6 is 7.82 Å². The molecule has 0 aliphatic carbocycles. The Morgan fingerprint density at radius 1 is 0.607 bits per heavy atom. The first kappa shape index (κ1) is 56.8. The van der Waals surface area contributed by atoms with E-state index in [1.807, 2.05) is 54.7 Å². The standard InChI is InChI=1S/C48H74NO11P/c1-3-5-7-9-11-12-13-14-15-16-17-18-19-20-21-22-27-31-35-39-47(52)60-44(41-58-61(55,56)59-42-45(49)48(53)54)40-57-46(51)38-34-30-26-24-23-25-29-33-37-43(50)36-32-28-10-8-6-4-2/h5,7,11-12,14-15,17-18,20-21,24-29,31-33,37,43-45,50H,3-4,6,8-10,13,16,19,22-23,30,34-36,38-42,49H2,1-2H3,(H,53,54)(H,55,56)/b7-5-,12-11-,15-14-,18-17-,21-20-,26-24-,29-25-,31-27-,32-28-,37-33+/t43-,44-,45+/m1/s1. The number of hydrogen-bond acceptors (Lipinski definition) is 10. The Hall–Kier alpha value is -4.16. The van der Waals surface area contributed by atoms with E-state index in [0.29, 0.717) is 38.5 Å². The molecule has 0 aliphatic rings. The van der Waals surface area contributed by atoms with Crippen LogP contribution in [0.5, 0.6) is 0 Å². The van der Waals surface area contributed by atoms with Crippen LogP contribution in [0.15, 0.2) is 122 Å². The molecular formula is C48H74NO11P. The minimum atomic E-state index is -4.77. The number of allylic oxidation sites excluding steroid dienone is 18. The van der Waals surface area contributed by atoms with Gasteiger partial charge in [-0.15, -0.1) is 0 Å². The second-order valence-corrected chi connectivity index (χ2v) is 15.4. The van der Waals surface area contributed by atoms with Crippen LogP contribution in [0.25, 0.3) is 0 Å². The Morgan fingerprint density at radius 3 is 1.72 bits per heavy atom. The maximum Gasteiger partial charge on any atom is 0.472 e. The van der Waals surface area contributed by atoms with Crippen molar-refractivity contribution >= 4 is 25.7 Å². The van der Waals surface area contributed by atoms with Crippen molar-refractivity contribution in [3.8, 4) is 0 Å². The number of carboxylic acids is 1. The van der Waals surface area contributed by atoms with Crippen molar-refractivity contribution in [2.24, 2.45) is 5.73 Å². The van der Waals surface area contributed by atoms with Gasteiger partial charge in [-0.2, -0.15) is 0 Å². The van der Waals surface area contributed by atoms with Crippen LogP contribution in [0.1, 0.15) is 123 Å². The molecule has 0 bridgehead atoms. The van der Waals surface area contributed by atoms with Crippen molar-refractivity contribution in [3.63, 3.8) is 0 Å². The zero-order valence-electron chi connectivity index (χ0n) is 36.6. The van der Waals surface area contributed by atoms with Crippen molar-refractivity contribution < 1.29 is 52.6 Å². The van der Waals surface area contributed by atoms with E-state index in [-0.39, 0.29) is 12.8 Å². The predicted octanol–water partition coefficient (Wildman–Crippen LogP) is 10.6. The van der Waals surface area contributed by atoms with Crippen LogP contribution in [-0.2, 0) is 37.5 Å². The molecule has 0 saturated heterocycles. The fourth-order valence-electron chi connectivity index (χ4n) is 4.87. The maximum atomic E-state index is 12.6. The van der Waals surface area contributed by atoms with Gasteiger partial charge in [-0.25, -0.2) is 4.57 Å². The number of aliphatic carboxylic acids is 1. The Bertz CT molecular complexity index is 1510. The van der Waals surface area contributed by atoms with Gasteiger partial charge in [-0.3, -0.25) is 23.4 Å². The van der Waals surface area contributed by atoms with Gasteiger partial charge in [-0.1, -0.05) is 148 Å². The lowest BCUT2D eigenvalue weighted by Crippen LogP contribution is -2.34. The first-order valence-corrected chi connectivity index (χ1v) is 23.2. The molecule has 61 heavy (non-hydrogen) atoms. The molecule has 0 aromatic rings. The quantitative estimate of drug-likeness (QED) is 0.0151. The zero-order valence-corrected chi connectivity index (χ0v) is 37.4. The number of hydrogen-bond donors (Lipinski definition) is 4. The van der Waals surface area contributed by atoms with Gasteiger partial charge in [0.2, 0.25) is 0 Å². The maximum absolute atomic E-state index is 12.6. The Balaban J connectivity index is 4.67. The number of rotatable bonds is 38. The summed E-state index contributed by atoms with van der Waals surface area (Å²) >= 11 is 0. The molecule has 0 aromatic carbocycles. The summed E-state index contributed by atoms with van der Waals surface area (Å²) in [5, 5.41) is 18.9. The summed E-state index contributed by atoms with van der Waals surface area (Å²) in [7, 11) is -4.77. The molecule has 0 amide bonds. The number of phosphoric ester groups is 1. The van der Waals surface area contributed by atoms with Crippen LogP contribution < -0.4 is 5.73 Å². The van der Waals surface area contributed by atoms with E-state index in [0.717, 1.165) is 38.5 Å². The van der Waals surface area contributed by atoms with Gasteiger partial charge >= 0.3 is 25.7 Å². The van der Waals surface area contributed by atoms with E-state index in [1.165, 1.54) is 19.3 Å². The Morgan fingerprint density at radius 2 is 1.13 bits per heavy atom. The SMILES string of the molecule is CC/C=C\C/C=C\C/C=C\C/C=C\C/C=C\C/C=C\CCC(=O)O[C@H](COC(=O)CCC/C=C\C/C=C\C=C\[C@H](O)C/C=C\CCCCC)COP(=O)(O)OC[C@H](N)C(=O)O. The molecule has 342 valence electrons. The molecule has 0 rings (SSSR count). The summed E-state index contributed by atoms with van der Waals surface area (Å²) in [6.45, 7) is 2.41. The third-order valence-corrected chi connectivity index (χ3v) is 9.24. The van der Waals surface area contributed by atoms with Crippen molar-refractivity contribution in [1.29, 1.82) is 0 Å². The van der Waals surface area contributed by atoms with E-state index >= 15 is 0 Å². The number of ether oxygens (including phenoxy) is 2. The van der Waals surface area contributed by atoms with Crippen molar-refractivity contribution in [2.45, 2.75) is 141 Å². The summed E-state index contributed by atoms with van der Waals surface area (Å²) in [5.41, 5.74) is 5.32. The van der Waals surface area contributed by atoms with Crippen molar-refractivity contribution in [3.05, 3.63) is 122 Å². The Kier molecular flexibility index (Phi) is 38.4. The monoisotopic (exact) mass is 871 g/mol. The third-order valence-electron chi connectivity index (χ3n) is 8.29. The lowest BCUT2D eigenvalue weighted by Gasteiger charge is -2.20. The van der Waals surface area contributed by atoms with Gasteiger partial charge in [0, 0.05) is 12.8 Å². The highest BCUT2D eigenvalue weighted by Crippen LogP contribution is 2.43. The van der Waals surface area contributed by atoms with Crippen molar-refractivity contribution in [2.75, 3.05) is 19.8 Å². The first-order valence-electron chi connectivity index (χ1n) is 21.7. The number of esters is 2. The number of aliphatic hydroxyl groups excluding tert-OH is 1. The first-order chi connectivity index (χ1) is 29.5. The largest absolute Gasteiger partial charge is 0.480 e. The summed E-state index contributed by atoms with van der Waals surface area (Å²) in [5.74, 6) is -2.63. The van der Waals surface area contributed by atoms with Crippen LogP contribution in [-0.4, -0.2) is 71.1 Å². The van der Waals surface area contributed by atoms with Crippen LogP contribution in [0.2, 0.25) is 0 Å². The van der Waals surface area contributed by atoms with E-state index in [9.17, 15) is 28.9 Å². The third kappa shape index (κ3) is 41.0. The number of unbranched alkanes of at least 4 members (excludes halogenated alkanes) is 4. The summed E-state index contributed by atoms with van der Waals surface area (Å²) < 4.78 is 32.5. The average Bonchev–Trinajstić information content (AvgIpc) is 3.23. The molecule has 0 aromatic heterocycles. The number of aliphatic hydroxyl groups is 1. The van der Waals surface area contributed by atoms with Crippen LogP contribution in [0.4, 0.5) is 0 Å². The van der Waals surface area contributed by atoms with Gasteiger partial charge in [0.1, 0.15) is 12.6 Å². The number of carbonyl (C=O) groups is 3. The molecule has 1 unspecified atom stereocenters. The molecular weight excluding hydrogens is 797 g/mol. The fourth-order valence-corrected chi connectivity index (χ4v) is 5.65. The normalized spacial score (nSPS) is 15.4. The lowest BCUT2D eigenvalue weighted by atomic mass is 10.1. The van der Waals surface area contributed by atoms with Crippen LogP contribution in [0, 0.1) is 0 Å². The predicted molar refractivity (Wildman–Crippen MR) is 245 cm³/mol. The summed E-state index contributed by atoms with van der Waals surface area (Å²) in [6.07, 6.45) is 51.7. The summed E-state index contributed by atoms with van der Waals surface area (Å²) in [4.78, 5) is 45.9. The minimum absolute atomic E-state index is 0.00395. The summed E-state index contributed by atoms with van der Waals surface area (Å²) in [6, 6.07) is -1.56. The van der Waals surface area contributed by atoms with Gasteiger partial charge in [-0.05, 0) is 83.5 Å². The number of nitrogens with two attached hydrogens (primary N) is 1. The van der Waals surface area contributed by atoms with Gasteiger partial charge in [0.25, 0.3) is 0 Å². The van der Waals surface area contributed by atoms with Gasteiger partial charge in [0.15, 0.2) is 6.10 Å². The van der Waals surface area contributed by atoms with Crippen LogP contribution in [0.3, 0.4) is 0 Å². The molecule has 0 aliphatic heterocycles. The second-order valence-electron chi connectivity index (χ2n) is 13.9. The highest BCUT2D eigenvalue weighted by Gasteiger charge is 2.28. The topological polar surface area (TPSA) is 192 Å². The average molecular weight is 872 g/mol. The lowest BCUT2D eigenvalue weighted by molar-refractivity contribution is -0.161. The molecule has 4 atom stereocenters. The smallest absolute Gasteiger partial charge is 0.472 e. The fraction of sp³-hybridized carbons (Fsp3) is 0.521. The molecule has 0 fully saturated rings. The molecule has 0 heterocycles. The van der Waals surface area contributed by atoms with Gasteiger partial charge in [0.05, 0.1) is 19.3 Å². The molecule has 12 nitrogen and oxygen atoms in total. The highest BCUT2D eigenvalue weighted by molar-refractivity contribution is 7.47. The van der Waals surface area contributed by atoms with Crippen molar-refractivity contribution in [1.82, 2.24) is 0 Å².